The lowest BCUT2D eigenvalue weighted by Gasteiger charge is -2.27. The molecule has 0 radical (unpaired) electrons. The van der Waals surface area contributed by atoms with Crippen molar-refractivity contribution in [1.29, 1.82) is 0 Å². The first-order chi connectivity index (χ1) is 16.9. The summed E-state index contributed by atoms with van der Waals surface area (Å²) in [6.07, 6.45) is 5.41. The molecular formula is C29H32N2O4. The highest BCUT2D eigenvalue weighted by atomic mass is 16.4. The monoisotopic (exact) mass is 472 g/mol. The van der Waals surface area contributed by atoms with Gasteiger partial charge >= 0.3 is 5.97 Å². The van der Waals surface area contributed by atoms with E-state index in [9.17, 15) is 19.9 Å². The summed E-state index contributed by atoms with van der Waals surface area (Å²) in [5, 5.41) is 22.8. The van der Waals surface area contributed by atoms with Crippen LogP contribution in [0.1, 0.15) is 71.8 Å². The fraction of sp³-hybridized carbons (Fsp3) is 0.345. The lowest BCUT2D eigenvalue weighted by atomic mass is 9.78. The zero-order valence-corrected chi connectivity index (χ0v) is 20.2. The van der Waals surface area contributed by atoms with Crippen LogP contribution >= 0.6 is 0 Å². The van der Waals surface area contributed by atoms with E-state index in [1.54, 1.807) is 19.3 Å². The van der Waals surface area contributed by atoms with Crippen LogP contribution in [0.5, 0.6) is 0 Å². The van der Waals surface area contributed by atoms with Crippen molar-refractivity contribution in [3.63, 3.8) is 0 Å². The number of benzene rings is 2. The number of pyridine rings is 1. The highest BCUT2D eigenvalue weighted by Gasteiger charge is 2.27. The van der Waals surface area contributed by atoms with E-state index in [1.807, 2.05) is 12.1 Å². The van der Waals surface area contributed by atoms with Crippen molar-refractivity contribution >= 4 is 11.7 Å². The number of nitrogens with zero attached hydrogens (tertiary/aromatic N) is 2. The minimum Gasteiger partial charge on any atom is -0.481 e. The first-order valence-electron chi connectivity index (χ1n) is 12.1. The lowest BCUT2D eigenvalue weighted by Crippen LogP contribution is -2.20. The number of hydrogen-bond donors (Lipinski definition) is 2. The maximum absolute atomic E-state index is 11.8. The second-order valence-corrected chi connectivity index (χ2v) is 9.58. The Morgan fingerprint density at radius 3 is 2.31 bits per heavy atom. The van der Waals surface area contributed by atoms with Crippen molar-refractivity contribution in [2.75, 3.05) is 0 Å². The summed E-state index contributed by atoms with van der Waals surface area (Å²) in [6.45, 7) is 2.08. The van der Waals surface area contributed by atoms with Crippen molar-refractivity contribution in [1.82, 2.24) is 4.57 Å². The van der Waals surface area contributed by atoms with E-state index in [2.05, 4.69) is 48.5 Å². The topological polar surface area (TPSA) is 91.9 Å². The third-order valence-electron chi connectivity index (χ3n) is 7.39. The summed E-state index contributed by atoms with van der Waals surface area (Å²) in [5.41, 5.74) is 5.79. The molecule has 0 bridgehead atoms. The van der Waals surface area contributed by atoms with Crippen LogP contribution in [0.25, 0.3) is 0 Å². The average Bonchev–Trinajstić information content (AvgIpc) is 2.87. The number of rotatable bonds is 7. The standard InChI is InChI=1S/C29H32N2O4/c1-19-5-3-4-6-25(19)26(17-27(30-35)24-15-16-28(32)31(2)18-24)22-11-7-20(8-12-22)21-9-13-23(14-10-21)29(33)34/h3-8,11-12,15-16,18,21,23,26,35H,9-10,13-14,17H2,1-2H3,(H,33,34)/b30-27+. The average molecular weight is 473 g/mol. The van der Waals surface area contributed by atoms with Crippen molar-refractivity contribution in [2.45, 2.75) is 50.9 Å². The zero-order chi connectivity index (χ0) is 24.9. The van der Waals surface area contributed by atoms with E-state index in [4.69, 9.17) is 0 Å². The van der Waals surface area contributed by atoms with E-state index >= 15 is 0 Å². The quantitative estimate of drug-likeness (QED) is 0.272. The first-order valence-corrected chi connectivity index (χ1v) is 12.1. The molecule has 1 atom stereocenters. The van der Waals surface area contributed by atoms with E-state index in [0.29, 0.717) is 23.6 Å². The van der Waals surface area contributed by atoms with Crippen LogP contribution in [0.2, 0.25) is 0 Å². The molecule has 3 aromatic rings. The molecule has 1 aromatic heterocycles. The van der Waals surface area contributed by atoms with Crippen LogP contribution in [0, 0.1) is 12.8 Å². The fourth-order valence-electron chi connectivity index (χ4n) is 5.23. The van der Waals surface area contributed by atoms with Gasteiger partial charge in [0.1, 0.15) is 0 Å². The van der Waals surface area contributed by atoms with Gasteiger partial charge in [0, 0.05) is 37.2 Å². The number of aryl methyl sites for hydroxylation is 2. The number of hydrogen-bond acceptors (Lipinski definition) is 4. The molecule has 0 aliphatic heterocycles. The molecule has 35 heavy (non-hydrogen) atoms. The Kier molecular flexibility index (Phi) is 7.49. The summed E-state index contributed by atoms with van der Waals surface area (Å²) in [7, 11) is 1.68. The van der Waals surface area contributed by atoms with Crippen molar-refractivity contribution < 1.29 is 15.1 Å². The van der Waals surface area contributed by atoms with E-state index in [0.717, 1.165) is 42.4 Å². The van der Waals surface area contributed by atoms with Crippen LogP contribution in [-0.2, 0) is 11.8 Å². The largest absolute Gasteiger partial charge is 0.481 e. The summed E-state index contributed by atoms with van der Waals surface area (Å²) in [6, 6.07) is 20.0. The normalized spacial score (nSPS) is 19.3. The van der Waals surface area contributed by atoms with E-state index in [1.165, 1.54) is 16.2 Å². The first kappa shape index (κ1) is 24.5. The predicted molar refractivity (Wildman–Crippen MR) is 136 cm³/mol. The molecular weight excluding hydrogens is 440 g/mol. The fourth-order valence-corrected chi connectivity index (χ4v) is 5.23. The van der Waals surface area contributed by atoms with Gasteiger partial charge in [-0.3, -0.25) is 9.59 Å². The molecule has 182 valence electrons. The Morgan fingerprint density at radius 1 is 1.03 bits per heavy atom. The molecule has 1 unspecified atom stereocenters. The molecule has 6 heteroatoms. The SMILES string of the molecule is Cc1ccccc1C(C/C(=N\O)c1ccc(=O)n(C)c1)c1ccc(C2CCC(C(=O)O)CC2)cc1. The lowest BCUT2D eigenvalue weighted by molar-refractivity contribution is -0.142. The molecule has 2 N–H and O–H groups in total. The van der Waals surface area contributed by atoms with Crippen molar-refractivity contribution in [3.05, 3.63) is 105 Å². The van der Waals surface area contributed by atoms with Crippen molar-refractivity contribution in [2.24, 2.45) is 18.1 Å². The molecule has 1 aliphatic carbocycles. The molecule has 1 fully saturated rings. The third kappa shape index (κ3) is 5.53. The predicted octanol–water partition coefficient (Wildman–Crippen LogP) is 5.45. The highest BCUT2D eigenvalue weighted by molar-refractivity contribution is 6.00. The van der Waals surface area contributed by atoms with E-state index < -0.39 is 5.97 Å². The molecule has 0 saturated heterocycles. The molecule has 0 amide bonds. The molecule has 1 saturated carbocycles. The van der Waals surface area contributed by atoms with Crippen molar-refractivity contribution in [3.8, 4) is 0 Å². The maximum Gasteiger partial charge on any atom is 0.306 e. The molecule has 1 aliphatic rings. The number of aromatic nitrogens is 1. The van der Waals surface area contributed by atoms with Gasteiger partial charge in [-0.05, 0) is 66.8 Å². The Bertz CT molecular complexity index is 1270. The maximum atomic E-state index is 11.8. The number of carbonyl (C=O) groups is 1. The molecule has 1 heterocycles. The van der Waals surface area contributed by atoms with Gasteiger partial charge in [0.25, 0.3) is 0 Å². The second-order valence-electron chi connectivity index (χ2n) is 9.58. The highest BCUT2D eigenvalue weighted by Crippen LogP contribution is 2.37. The number of carboxylic acids is 1. The molecule has 2 aromatic carbocycles. The van der Waals surface area contributed by atoms with Crippen LogP contribution in [0.15, 0.2) is 76.8 Å². The van der Waals surface area contributed by atoms with Crippen LogP contribution in [0.3, 0.4) is 0 Å². The number of oxime groups is 1. The van der Waals surface area contributed by atoms with Crippen LogP contribution in [0.4, 0.5) is 0 Å². The third-order valence-corrected chi connectivity index (χ3v) is 7.39. The Morgan fingerprint density at radius 2 is 1.71 bits per heavy atom. The second kappa shape index (κ2) is 10.7. The number of carboxylic acid groups (broad SMARTS) is 1. The van der Waals surface area contributed by atoms with Gasteiger partial charge in [0.15, 0.2) is 0 Å². The summed E-state index contributed by atoms with van der Waals surface area (Å²) < 4.78 is 1.48. The minimum atomic E-state index is -0.681. The number of aliphatic carboxylic acids is 1. The Hall–Kier alpha value is -3.67. The molecule has 6 nitrogen and oxygen atoms in total. The molecule has 0 spiro atoms. The Balaban J connectivity index is 1.62. The van der Waals surface area contributed by atoms with Crippen LogP contribution < -0.4 is 5.56 Å². The van der Waals surface area contributed by atoms with Gasteiger partial charge < -0.3 is 14.9 Å². The minimum absolute atomic E-state index is 0.0314. The van der Waals surface area contributed by atoms with Gasteiger partial charge in [-0.15, -0.1) is 0 Å². The van der Waals surface area contributed by atoms with Gasteiger partial charge in [0.2, 0.25) is 5.56 Å². The van der Waals surface area contributed by atoms with Gasteiger partial charge in [-0.25, -0.2) is 0 Å². The summed E-state index contributed by atoms with van der Waals surface area (Å²) in [4.78, 5) is 23.1. The van der Waals surface area contributed by atoms with Gasteiger partial charge in [-0.1, -0.05) is 53.7 Å². The van der Waals surface area contributed by atoms with Crippen LogP contribution in [-0.4, -0.2) is 26.6 Å². The smallest absolute Gasteiger partial charge is 0.306 e. The zero-order valence-electron chi connectivity index (χ0n) is 20.2. The summed E-state index contributed by atoms with van der Waals surface area (Å²) in [5.74, 6) is -0.544. The van der Waals surface area contributed by atoms with Gasteiger partial charge in [0.05, 0.1) is 11.6 Å². The summed E-state index contributed by atoms with van der Waals surface area (Å²) >= 11 is 0. The van der Waals surface area contributed by atoms with E-state index in [-0.39, 0.29) is 17.4 Å². The Labute approximate surface area is 205 Å². The van der Waals surface area contributed by atoms with Gasteiger partial charge in [-0.2, -0.15) is 0 Å². The molecule has 4 rings (SSSR count).